The van der Waals surface area contributed by atoms with Gasteiger partial charge in [-0.15, -0.1) is 11.3 Å². The maximum atomic E-state index is 11.8. The molecule has 20 heavy (non-hydrogen) atoms. The minimum Gasteiger partial charge on any atom is -0.481 e. The number of nitrogens with zero attached hydrogens (tertiary/aromatic N) is 2. The molecule has 0 aliphatic carbocycles. The van der Waals surface area contributed by atoms with Crippen LogP contribution >= 0.6 is 11.3 Å². The predicted molar refractivity (Wildman–Crippen MR) is 76.8 cm³/mol. The van der Waals surface area contributed by atoms with Crippen molar-refractivity contribution < 1.29 is 14.3 Å². The zero-order valence-electron chi connectivity index (χ0n) is 11.3. The lowest BCUT2D eigenvalue weighted by atomic mass is 10.4. The van der Waals surface area contributed by atoms with E-state index in [2.05, 4.69) is 20.6 Å². The number of rotatable bonds is 4. The lowest BCUT2D eigenvalue weighted by Gasteiger charge is -2.10. The van der Waals surface area contributed by atoms with Gasteiger partial charge >= 0.3 is 6.03 Å². The highest BCUT2D eigenvalue weighted by molar-refractivity contribution is 7.15. The number of carbonyl (C=O) groups is 1. The van der Waals surface area contributed by atoms with Gasteiger partial charge in [-0.25, -0.2) is 9.78 Å². The summed E-state index contributed by atoms with van der Waals surface area (Å²) in [6, 6.07) is 2.87. The summed E-state index contributed by atoms with van der Waals surface area (Å²) >= 11 is 1.39. The fourth-order valence-electron chi connectivity index (χ4n) is 1.45. The van der Waals surface area contributed by atoms with Gasteiger partial charge in [0.1, 0.15) is 5.69 Å². The molecule has 2 aromatic rings. The van der Waals surface area contributed by atoms with E-state index < -0.39 is 6.03 Å². The summed E-state index contributed by atoms with van der Waals surface area (Å²) in [7, 11) is 2.97. The van der Waals surface area contributed by atoms with E-state index in [1.54, 1.807) is 18.3 Å². The molecule has 2 aromatic heterocycles. The predicted octanol–water partition coefficient (Wildman–Crippen LogP) is 2.51. The van der Waals surface area contributed by atoms with Crippen molar-refractivity contribution in [2.45, 2.75) is 6.92 Å². The largest absolute Gasteiger partial charge is 0.481 e. The fourth-order valence-corrected chi connectivity index (χ4v) is 2.11. The number of anilines is 2. The topological polar surface area (TPSA) is 85.4 Å². The van der Waals surface area contributed by atoms with Gasteiger partial charge < -0.3 is 14.8 Å². The number of methoxy groups -OCH3 is 2. The number of carbonyl (C=O) groups excluding carboxylic acids is 1. The second-order valence-electron chi connectivity index (χ2n) is 3.77. The summed E-state index contributed by atoms with van der Waals surface area (Å²) in [6.07, 6.45) is 1.69. The molecule has 0 unspecified atom stereocenters. The number of thiazole rings is 1. The molecule has 0 aromatic carbocycles. The normalized spacial score (nSPS) is 9.95. The summed E-state index contributed by atoms with van der Waals surface area (Å²) in [5, 5.41) is 5.81. The zero-order chi connectivity index (χ0) is 14.5. The number of hydrogen-bond acceptors (Lipinski definition) is 6. The smallest absolute Gasteiger partial charge is 0.325 e. The first-order chi connectivity index (χ1) is 9.62. The maximum absolute atomic E-state index is 11.8. The molecule has 8 heteroatoms. The molecule has 0 bridgehead atoms. The third-order valence-electron chi connectivity index (χ3n) is 2.33. The molecule has 0 radical (unpaired) electrons. The molecular weight excluding hydrogens is 280 g/mol. The van der Waals surface area contributed by atoms with Gasteiger partial charge in [-0.05, 0) is 13.0 Å². The van der Waals surface area contributed by atoms with E-state index in [0.29, 0.717) is 16.7 Å². The average Bonchev–Trinajstić information content (AvgIpc) is 2.84. The van der Waals surface area contributed by atoms with E-state index in [0.717, 1.165) is 4.88 Å². The van der Waals surface area contributed by atoms with Crippen LogP contribution in [0.25, 0.3) is 0 Å². The summed E-state index contributed by atoms with van der Waals surface area (Å²) in [5.41, 5.74) is 0.444. The number of aromatic nitrogens is 2. The molecule has 7 nitrogen and oxygen atoms in total. The third-order valence-corrected chi connectivity index (χ3v) is 3.16. The maximum Gasteiger partial charge on any atom is 0.325 e. The first-order valence-corrected chi connectivity index (χ1v) is 6.53. The van der Waals surface area contributed by atoms with Crippen LogP contribution in [-0.2, 0) is 0 Å². The van der Waals surface area contributed by atoms with E-state index in [9.17, 15) is 4.79 Å². The molecule has 0 atom stereocenters. The molecule has 2 heterocycles. The molecule has 0 spiro atoms. The molecule has 2 amide bonds. The molecule has 2 rings (SSSR count). The SMILES string of the molecule is COc1ccc(NC(=O)Nc2ncc(C)s2)c(OC)n1. The van der Waals surface area contributed by atoms with E-state index >= 15 is 0 Å². The summed E-state index contributed by atoms with van der Waals surface area (Å²) in [4.78, 5) is 21.0. The Bertz CT molecular complexity index is 614. The molecule has 106 valence electrons. The van der Waals surface area contributed by atoms with Crippen molar-refractivity contribution in [3.8, 4) is 11.8 Å². The second kappa shape index (κ2) is 6.20. The standard InChI is InChI=1S/C12H14N4O3S/c1-7-6-13-12(20-7)16-11(17)14-8-4-5-9(18-2)15-10(8)19-3/h4-6H,1-3H3,(H2,13,14,16,17). The van der Waals surface area contributed by atoms with Crippen molar-refractivity contribution in [1.29, 1.82) is 0 Å². The number of hydrogen-bond donors (Lipinski definition) is 2. The third kappa shape index (κ3) is 3.35. The Balaban J connectivity index is 2.07. The minimum absolute atomic E-state index is 0.273. The summed E-state index contributed by atoms with van der Waals surface area (Å²) < 4.78 is 10.1. The quantitative estimate of drug-likeness (QED) is 0.905. The molecule has 0 fully saturated rings. The van der Waals surface area contributed by atoms with Crippen molar-refractivity contribution in [2.24, 2.45) is 0 Å². The van der Waals surface area contributed by atoms with Gasteiger partial charge in [0.15, 0.2) is 5.13 Å². The molecule has 2 N–H and O–H groups in total. The number of urea groups is 1. The van der Waals surface area contributed by atoms with Crippen molar-refractivity contribution in [1.82, 2.24) is 9.97 Å². The minimum atomic E-state index is -0.412. The highest BCUT2D eigenvalue weighted by atomic mass is 32.1. The van der Waals surface area contributed by atoms with Crippen LogP contribution in [0.4, 0.5) is 15.6 Å². The Morgan fingerprint density at radius 2 is 2.05 bits per heavy atom. The van der Waals surface area contributed by atoms with Gasteiger partial charge in [0.05, 0.1) is 14.2 Å². The molecule has 0 aliphatic heterocycles. The first-order valence-electron chi connectivity index (χ1n) is 5.72. The van der Waals surface area contributed by atoms with Crippen LogP contribution in [-0.4, -0.2) is 30.2 Å². The Morgan fingerprint density at radius 3 is 2.65 bits per heavy atom. The van der Waals surface area contributed by atoms with Crippen molar-refractivity contribution in [3.63, 3.8) is 0 Å². The molecule has 0 saturated heterocycles. The highest BCUT2D eigenvalue weighted by Gasteiger charge is 2.11. The van der Waals surface area contributed by atoms with Crippen LogP contribution in [0.1, 0.15) is 4.88 Å². The molecule has 0 aliphatic rings. The highest BCUT2D eigenvalue weighted by Crippen LogP contribution is 2.25. The van der Waals surface area contributed by atoms with E-state index in [4.69, 9.17) is 9.47 Å². The van der Waals surface area contributed by atoms with Crippen LogP contribution in [0.2, 0.25) is 0 Å². The van der Waals surface area contributed by atoms with Gasteiger partial charge in [-0.3, -0.25) is 5.32 Å². The van der Waals surface area contributed by atoms with Crippen LogP contribution in [0, 0.1) is 6.92 Å². The van der Waals surface area contributed by atoms with Crippen LogP contribution < -0.4 is 20.1 Å². The van der Waals surface area contributed by atoms with Crippen molar-refractivity contribution in [2.75, 3.05) is 24.9 Å². The molecule has 0 saturated carbocycles. The number of aryl methyl sites for hydroxylation is 1. The van der Waals surface area contributed by atoms with Gasteiger partial charge in [-0.1, -0.05) is 0 Å². The second-order valence-corrected chi connectivity index (χ2v) is 5.00. The van der Waals surface area contributed by atoms with Gasteiger partial charge in [-0.2, -0.15) is 4.98 Å². The van der Waals surface area contributed by atoms with Crippen molar-refractivity contribution >= 4 is 28.2 Å². The Kier molecular flexibility index (Phi) is 4.36. The number of pyridine rings is 1. The van der Waals surface area contributed by atoms with E-state index in [1.165, 1.54) is 25.6 Å². The Morgan fingerprint density at radius 1 is 1.25 bits per heavy atom. The van der Waals surface area contributed by atoms with Gasteiger partial charge in [0.2, 0.25) is 11.8 Å². The lowest BCUT2D eigenvalue weighted by Crippen LogP contribution is -2.19. The summed E-state index contributed by atoms with van der Waals surface area (Å²) in [5.74, 6) is 0.679. The Labute approximate surface area is 120 Å². The first kappa shape index (κ1) is 14.1. The van der Waals surface area contributed by atoms with Crippen LogP contribution in [0.15, 0.2) is 18.3 Å². The zero-order valence-corrected chi connectivity index (χ0v) is 12.1. The monoisotopic (exact) mass is 294 g/mol. The lowest BCUT2D eigenvalue weighted by molar-refractivity contribution is 0.262. The van der Waals surface area contributed by atoms with Gasteiger partial charge in [0, 0.05) is 17.1 Å². The van der Waals surface area contributed by atoms with Crippen molar-refractivity contribution in [3.05, 3.63) is 23.2 Å². The van der Waals surface area contributed by atoms with Crippen LogP contribution in [0.5, 0.6) is 11.8 Å². The number of ether oxygens (including phenoxy) is 2. The van der Waals surface area contributed by atoms with E-state index in [-0.39, 0.29) is 5.88 Å². The van der Waals surface area contributed by atoms with Gasteiger partial charge in [0.25, 0.3) is 0 Å². The van der Waals surface area contributed by atoms with Crippen LogP contribution in [0.3, 0.4) is 0 Å². The summed E-state index contributed by atoms with van der Waals surface area (Å²) in [6.45, 7) is 1.91. The van der Waals surface area contributed by atoms with E-state index in [1.807, 2.05) is 6.92 Å². The number of amides is 2. The fraction of sp³-hybridized carbons (Fsp3) is 0.250. The molecular formula is C12H14N4O3S. The Hall–Kier alpha value is -2.35. The number of nitrogens with one attached hydrogen (secondary N) is 2. The average molecular weight is 294 g/mol.